The molecule has 1 N–H and O–H groups in total. The van der Waals surface area contributed by atoms with E-state index in [1.165, 1.54) is 12.4 Å². The smallest absolute Gasteiger partial charge is 0.239 e. The van der Waals surface area contributed by atoms with E-state index in [2.05, 4.69) is 31.2 Å². The fourth-order valence-corrected chi connectivity index (χ4v) is 1.80. The Morgan fingerprint density at radius 2 is 2.11 bits per heavy atom. The molecule has 1 aromatic carbocycles. The molecule has 1 aromatic heterocycles. The first kappa shape index (κ1) is 13.7. The van der Waals surface area contributed by atoms with Gasteiger partial charge in [0.1, 0.15) is 22.4 Å². The van der Waals surface area contributed by atoms with Crippen LogP contribution >= 0.6 is 15.9 Å². The molecule has 0 aliphatic rings. The number of anilines is 1. The second-order valence-corrected chi connectivity index (χ2v) is 4.34. The lowest BCUT2D eigenvalue weighted by molar-refractivity contribution is 0.420. The third-order valence-electron chi connectivity index (χ3n) is 2.20. The van der Waals surface area contributed by atoms with E-state index in [0.29, 0.717) is 16.8 Å². The first-order chi connectivity index (χ1) is 9.11. The number of aromatic nitrogens is 2. The van der Waals surface area contributed by atoms with E-state index < -0.39 is 11.6 Å². The van der Waals surface area contributed by atoms with Crippen LogP contribution in [-0.2, 0) is 0 Å². The van der Waals surface area contributed by atoms with Crippen LogP contribution in [0.3, 0.4) is 0 Å². The number of hydrogen-bond acceptors (Lipinski definition) is 4. The van der Waals surface area contributed by atoms with E-state index >= 15 is 0 Å². The lowest BCUT2D eigenvalue weighted by atomic mass is 10.3. The summed E-state index contributed by atoms with van der Waals surface area (Å²) >= 11 is 3.27. The van der Waals surface area contributed by atoms with Crippen LogP contribution in [0.2, 0.25) is 0 Å². The first-order valence-electron chi connectivity index (χ1n) is 5.49. The van der Waals surface area contributed by atoms with Crippen molar-refractivity contribution in [1.82, 2.24) is 9.97 Å². The maximum Gasteiger partial charge on any atom is 0.239 e. The Hall–Kier alpha value is -1.76. The van der Waals surface area contributed by atoms with E-state index in [0.717, 1.165) is 12.1 Å². The van der Waals surface area contributed by atoms with Crippen LogP contribution in [0, 0.1) is 11.6 Å². The van der Waals surface area contributed by atoms with Gasteiger partial charge in [-0.3, -0.25) is 0 Å². The molecule has 0 aliphatic carbocycles. The van der Waals surface area contributed by atoms with Gasteiger partial charge in [-0.05, 0) is 35.0 Å². The van der Waals surface area contributed by atoms with Crippen LogP contribution in [0.15, 0.2) is 29.0 Å². The molecule has 0 fully saturated rings. The van der Waals surface area contributed by atoms with Gasteiger partial charge in [-0.15, -0.1) is 0 Å². The Morgan fingerprint density at radius 1 is 1.32 bits per heavy atom. The van der Waals surface area contributed by atoms with E-state index in [-0.39, 0.29) is 11.6 Å². The number of hydrogen-bond donors (Lipinski definition) is 1. The molecule has 0 aliphatic heterocycles. The highest BCUT2D eigenvalue weighted by Gasteiger charge is 2.13. The number of ether oxygens (including phenoxy) is 1. The second-order valence-electron chi connectivity index (χ2n) is 3.55. The van der Waals surface area contributed by atoms with Gasteiger partial charge in [-0.25, -0.2) is 18.7 Å². The summed E-state index contributed by atoms with van der Waals surface area (Å²) in [6, 6.07) is 3.06. The fraction of sp³-hybridized carbons (Fsp3) is 0.167. The van der Waals surface area contributed by atoms with E-state index in [1.54, 1.807) is 0 Å². The summed E-state index contributed by atoms with van der Waals surface area (Å²) in [6.07, 6.45) is 1.29. The highest BCUT2D eigenvalue weighted by molar-refractivity contribution is 9.10. The molecule has 0 atom stereocenters. The predicted molar refractivity (Wildman–Crippen MR) is 70.3 cm³/mol. The molecule has 100 valence electrons. The molecule has 19 heavy (non-hydrogen) atoms. The van der Waals surface area contributed by atoms with Gasteiger partial charge in [0.15, 0.2) is 11.6 Å². The molecule has 0 unspecified atom stereocenters. The summed E-state index contributed by atoms with van der Waals surface area (Å²) in [6.45, 7) is 2.58. The average molecular weight is 330 g/mol. The van der Waals surface area contributed by atoms with Crippen LogP contribution < -0.4 is 10.1 Å². The molecule has 1 heterocycles. The molecule has 0 saturated heterocycles. The molecule has 2 rings (SSSR count). The predicted octanol–water partition coefficient (Wildman–Crippen LogP) is 3.74. The number of nitrogens with zero attached hydrogens (tertiary/aromatic N) is 2. The van der Waals surface area contributed by atoms with Crippen LogP contribution in [0.5, 0.6) is 11.6 Å². The monoisotopic (exact) mass is 329 g/mol. The highest BCUT2D eigenvalue weighted by atomic mass is 79.9. The Bertz CT molecular complexity index is 595. The minimum absolute atomic E-state index is 0.108. The molecule has 7 heteroatoms. The number of rotatable bonds is 4. The van der Waals surface area contributed by atoms with E-state index in [9.17, 15) is 8.78 Å². The zero-order valence-electron chi connectivity index (χ0n) is 9.95. The summed E-state index contributed by atoms with van der Waals surface area (Å²) in [5, 5.41) is 2.99. The summed E-state index contributed by atoms with van der Waals surface area (Å²) in [7, 11) is 0. The zero-order valence-corrected chi connectivity index (χ0v) is 11.5. The van der Waals surface area contributed by atoms with Crippen LogP contribution in [-0.4, -0.2) is 16.5 Å². The zero-order chi connectivity index (χ0) is 13.8. The van der Waals surface area contributed by atoms with Gasteiger partial charge < -0.3 is 10.1 Å². The van der Waals surface area contributed by atoms with Crippen LogP contribution in [0.25, 0.3) is 0 Å². The van der Waals surface area contributed by atoms with Crippen LogP contribution in [0.1, 0.15) is 6.92 Å². The number of halogens is 3. The minimum Gasteiger partial charge on any atom is -0.435 e. The number of nitrogens with one attached hydrogen (secondary N) is 1. The van der Waals surface area contributed by atoms with E-state index in [4.69, 9.17) is 4.74 Å². The molecule has 0 bridgehead atoms. The van der Waals surface area contributed by atoms with Gasteiger partial charge in [-0.2, -0.15) is 0 Å². The largest absolute Gasteiger partial charge is 0.435 e. The fourth-order valence-electron chi connectivity index (χ4n) is 1.38. The molecular weight excluding hydrogens is 320 g/mol. The maximum atomic E-state index is 13.5. The summed E-state index contributed by atoms with van der Waals surface area (Å²) in [5.74, 6) is -0.884. The first-order valence-corrected chi connectivity index (χ1v) is 6.28. The van der Waals surface area contributed by atoms with Gasteiger partial charge in [-0.1, -0.05) is 0 Å². The van der Waals surface area contributed by atoms with Crippen molar-refractivity contribution in [3.63, 3.8) is 0 Å². The van der Waals surface area contributed by atoms with Crippen molar-refractivity contribution in [2.75, 3.05) is 11.9 Å². The molecule has 4 nitrogen and oxygen atoms in total. The molecule has 0 spiro atoms. The van der Waals surface area contributed by atoms with Crippen molar-refractivity contribution in [3.05, 3.63) is 40.6 Å². The van der Waals surface area contributed by atoms with Gasteiger partial charge in [0.25, 0.3) is 0 Å². The Morgan fingerprint density at radius 3 is 2.79 bits per heavy atom. The Labute approximate surface area is 117 Å². The van der Waals surface area contributed by atoms with Gasteiger partial charge in [0.05, 0.1) is 0 Å². The molecular formula is C12H10BrF2N3O. The third-order valence-corrected chi connectivity index (χ3v) is 2.92. The third kappa shape index (κ3) is 3.17. The van der Waals surface area contributed by atoms with E-state index in [1.807, 2.05) is 6.92 Å². The van der Waals surface area contributed by atoms with Gasteiger partial charge in [0, 0.05) is 12.6 Å². The highest BCUT2D eigenvalue weighted by Crippen LogP contribution is 2.32. The Kier molecular flexibility index (Phi) is 4.26. The van der Waals surface area contributed by atoms with Crippen molar-refractivity contribution in [2.24, 2.45) is 0 Å². The lowest BCUT2D eigenvalue weighted by Gasteiger charge is -2.10. The molecule has 0 radical (unpaired) electrons. The topological polar surface area (TPSA) is 47.0 Å². The normalized spacial score (nSPS) is 10.3. The van der Waals surface area contributed by atoms with Gasteiger partial charge >= 0.3 is 0 Å². The average Bonchev–Trinajstić information content (AvgIpc) is 2.37. The standard InChI is InChI=1S/C12H10BrF2N3O/c1-2-16-11-10(13)12(18-6-17-11)19-9-4-3-7(14)5-8(9)15/h3-6H,2H2,1H3,(H,16,17,18). The van der Waals surface area contributed by atoms with Crippen molar-refractivity contribution >= 4 is 21.7 Å². The SMILES string of the molecule is CCNc1ncnc(Oc2ccc(F)cc2F)c1Br. The summed E-state index contributed by atoms with van der Waals surface area (Å²) < 4.78 is 32.0. The van der Waals surface area contributed by atoms with Crippen molar-refractivity contribution in [3.8, 4) is 11.6 Å². The van der Waals surface area contributed by atoms with Crippen molar-refractivity contribution < 1.29 is 13.5 Å². The van der Waals surface area contributed by atoms with Crippen LogP contribution in [0.4, 0.5) is 14.6 Å². The summed E-state index contributed by atoms with van der Waals surface area (Å²) in [4.78, 5) is 7.90. The summed E-state index contributed by atoms with van der Waals surface area (Å²) in [5.41, 5.74) is 0. The van der Waals surface area contributed by atoms with Gasteiger partial charge in [0.2, 0.25) is 5.88 Å². The minimum atomic E-state index is -0.796. The van der Waals surface area contributed by atoms with Crippen molar-refractivity contribution in [1.29, 1.82) is 0 Å². The number of benzene rings is 1. The maximum absolute atomic E-state index is 13.5. The second kappa shape index (κ2) is 5.92. The molecule has 0 amide bonds. The van der Waals surface area contributed by atoms with Crippen molar-refractivity contribution in [2.45, 2.75) is 6.92 Å². The quantitative estimate of drug-likeness (QED) is 0.928. The molecule has 0 saturated carbocycles. The lowest BCUT2D eigenvalue weighted by Crippen LogP contribution is -2.02. The Balaban J connectivity index is 2.30. The molecule has 2 aromatic rings.